The molecule has 2 nitrogen and oxygen atoms in total. The number of nitriles is 1. The Bertz CT molecular complexity index is 484. The van der Waals surface area contributed by atoms with Crippen molar-refractivity contribution in [3.63, 3.8) is 0 Å². The van der Waals surface area contributed by atoms with Crippen molar-refractivity contribution in [1.29, 1.82) is 5.26 Å². The Morgan fingerprint density at radius 1 is 1.33 bits per heavy atom. The molecule has 1 fully saturated rings. The Labute approximate surface area is 110 Å². The van der Waals surface area contributed by atoms with Crippen LogP contribution in [0, 0.1) is 29.6 Å². The summed E-state index contributed by atoms with van der Waals surface area (Å²) in [4.78, 5) is 0. The molecule has 2 rings (SSSR count). The molecule has 96 valence electrons. The summed E-state index contributed by atoms with van der Waals surface area (Å²) in [6.07, 6.45) is 2.01. The van der Waals surface area contributed by atoms with Crippen LogP contribution in [0.4, 0.5) is 5.69 Å². The summed E-state index contributed by atoms with van der Waals surface area (Å²) >= 11 is 0. The van der Waals surface area contributed by atoms with Crippen molar-refractivity contribution in [3.8, 4) is 6.07 Å². The Morgan fingerprint density at radius 2 is 2.00 bits per heavy atom. The maximum Gasteiger partial charge on any atom is 0.128 e. The molecular formula is C16H22N2. The van der Waals surface area contributed by atoms with Crippen LogP contribution in [0.3, 0.4) is 0 Å². The van der Waals surface area contributed by atoms with Crippen molar-refractivity contribution in [2.24, 2.45) is 11.3 Å². The zero-order valence-corrected chi connectivity index (χ0v) is 11.7. The molecule has 0 saturated heterocycles. The summed E-state index contributed by atoms with van der Waals surface area (Å²) < 4.78 is 0. The van der Waals surface area contributed by atoms with Crippen molar-refractivity contribution in [2.45, 2.75) is 46.1 Å². The van der Waals surface area contributed by atoms with Gasteiger partial charge in [-0.2, -0.15) is 5.26 Å². The molecule has 0 radical (unpaired) electrons. The number of benzene rings is 1. The van der Waals surface area contributed by atoms with E-state index in [0.717, 1.165) is 18.5 Å². The number of anilines is 1. The van der Waals surface area contributed by atoms with Crippen molar-refractivity contribution >= 4 is 5.69 Å². The Morgan fingerprint density at radius 3 is 2.50 bits per heavy atom. The van der Waals surface area contributed by atoms with Crippen LogP contribution in [0.25, 0.3) is 0 Å². The number of para-hydroxylation sites is 1. The zero-order valence-electron chi connectivity index (χ0n) is 11.7. The van der Waals surface area contributed by atoms with Gasteiger partial charge in [0.2, 0.25) is 0 Å². The van der Waals surface area contributed by atoms with Gasteiger partial charge in [-0.3, -0.25) is 0 Å². The van der Waals surface area contributed by atoms with Gasteiger partial charge in [0.25, 0.3) is 0 Å². The fourth-order valence-corrected chi connectivity index (χ4v) is 3.30. The second kappa shape index (κ2) is 4.31. The zero-order chi connectivity index (χ0) is 13.4. The molecule has 1 N–H and O–H groups in total. The van der Waals surface area contributed by atoms with Gasteiger partial charge in [0.05, 0.1) is 6.07 Å². The molecule has 0 aliphatic heterocycles. The molecule has 1 saturated carbocycles. The lowest BCUT2D eigenvalue weighted by atomic mass is 9.87. The first-order valence-corrected chi connectivity index (χ1v) is 6.64. The highest BCUT2D eigenvalue weighted by Gasteiger charge is 2.49. The van der Waals surface area contributed by atoms with Gasteiger partial charge in [-0.25, -0.2) is 0 Å². The summed E-state index contributed by atoms with van der Waals surface area (Å²) in [6.45, 7) is 8.77. The van der Waals surface area contributed by atoms with Gasteiger partial charge in [-0.15, -0.1) is 0 Å². The van der Waals surface area contributed by atoms with Crippen LogP contribution in [-0.4, -0.2) is 5.54 Å². The number of hydrogen-bond donors (Lipinski definition) is 1. The summed E-state index contributed by atoms with van der Waals surface area (Å²) in [6, 6.07) is 10.7. The molecule has 18 heavy (non-hydrogen) atoms. The van der Waals surface area contributed by atoms with Crippen LogP contribution in [-0.2, 0) is 0 Å². The van der Waals surface area contributed by atoms with Crippen LogP contribution >= 0.6 is 0 Å². The van der Waals surface area contributed by atoms with Crippen molar-refractivity contribution in [1.82, 2.24) is 0 Å². The van der Waals surface area contributed by atoms with Crippen molar-refractivity contribution < 1.29 is 0 Å². The largest absolute Gasteiger partial charge is 0.367 e. The fourth-order valence-electron chi connectivity index (χ4n) is 3.30. The molecule has 0 heterocycles. The number of rotatable bonds is 2. The second-order valence-electron chi connectivity index (χ2n) is 6.47. The van der Waals surface area contributed by atoms with E-state index in [1.54, 1.807) is 0 Å². The lowest BCUT2D eigenvalue weighted by Gasteiger charge is -2.30. The van der Waals surface area contributed by atoms with Crippen LogP contribution in [0.1, 0.15) is 39.2 Å². The summed E-state index contributed by atoms with van der Waals surface area (Å²) in [7, 11) is 0. The number of aryl methyl sites for hydroxylation is 1. The fraction of sp³-hybridized carbons (Fsp3) is 0.562. The summed E-state index contributed by atoms with van der Waals surface area (Å²) in [5.74, 6) is 0.372. The molecule has 1 aliphatic rings. The first-order chi connectivity index (χ1) is 8.38. The van der Waals surface area contributed by atoms with E-state index >= 15 is 0 Å². The van der Waals surface area contributed by atoms with Crippen molar-refractivity contribution in [3.05, 3.63) is 29.8 Å². The van der Waals surface area contributed by atoms with Gasteiger partial charge in [-0.1, -0.05) is 39.0 Å². The third-order valence-electron chi connectivity index (χ3n) is 4.16. The molecule has 2 unspecified atom stereocenters. The highest BCUT2D eigenvalue weighted by atomic mass is 15.0. The smallest absolute Gasteiger partial charge is 0.128 e. The second-order valence-corrected chi connectivity index (χ2v) is 6.47. The maximum atomic E-state index is 9.66. The van der Waals surface area contributed by atoms with E-state index in [4.69, 9.17) is 0 Å². The third-order valence-corrected chi connectivity index (χ3v) is 4.16. The first kappa shape index (κ1) is 13.0. The summed E-state index contributed by atoms with van der Waals surface area (Å²) in [5, 5.41) is 13.2. The van der Waals surface area contributed by atoms with Gasteiger partial charge in [0, 0.05) is 5.69 Å². The lowest BCUT2D eigenvalue weighted by molar-refractivity contribution is 0.363. The molecular weight excluding hydrogens is 220 g/mol. The SMILES string of the molecule is Cc1ccccc1NC1(C#N)CC(C)(C)CC1C. The predicted molar refractivity (Wildman–Crippen MR) is 75.3 cm³/mol. The quantitative estimate of drug-likeness (QED) is 0.846. The van der Waals surface area contributed by atoms with E-state index in [0.29, 0.717) is 5.92 Å². The van der Waals surface area contributed by atoms with Crippen LogP contribution in [0.15, 0.2) is 24.3 Å². The predicted octanol–water partition coefficient (Wildman–Crippen LogP) is 4.13. The van der Waals surface area contributed by atoms with Gasteiger partial charge in [0.15, 0.2) is 0 Å². The van der Waals surface area contributed by atoms with Gasteiger partial charge >= 0.3 is 0 Å². The summed E-state index contributed by atoms with van der Waals surface area (Å²) in [5.41, 5.74) is 2.10. The van der Waals surface area contributed by atoms with E-state index in [9.17, 15) is 5.26 Å². The van der Waals surface area contributed by atoms with E-state index in [2.05, 4.69) is 51.2 Å². The normalized spacial score (nSPS) is 29.8. The topological polar surface area (TPSA) is 35.8 Å². The third kappa shape index (κ3) is 2.22. The average molecular weight is 242 g/mol. The Balaban J connectivity index is 2.31. The first-order valence-electron chi connectivity index (χ1n) is 6.64. The standard InChI is InChI=1S/C16H22N2/c1-12-7-5-6-8-14(12)18-16(11-17)10-15(3,4)9-13(16)2/h5-8,13,18H,9-10H2,1-4H3. The monoisotopic (exact) mass is 242 g/mol. The Kier molecular flexibility index (Phi) is 3.11. The van der Waals surface area contributed by atoms with E-state index in [-0.39, 0.29) is 5.41 Å². The molecule has 1 aromatic rings. The number of nitrogens with one attached hydrogen (secondary N) is 1. The Hall–Kier alpha value is -1.49. The molecule has 0 aromatic heterocycles. The maximum absolute atomic E-state index is 9.66. The molecule has 0 amide bonds. The molecule has 0 spiro atoms. The number of nitrogens with zero attached hydrogens (tertiary/aromatic N) is 1. The molecule has 1 aliphatic carbocycles. The number of hydrogen-bond acceptors (Lipinski definition) is 2. The van der Waals surface area contributed by atoms with Gasteiger partial charge < -0.3 is 5.32 Å². The minimum atomic E-state index is -0.421. The lowest BCUT2D eigenvalue weighted by Crippen LogP contribution is -2.40. The highest BCUT2D eigenvalue weighted by molar-refractivity contribution is 5.54. The van der Waals surface area contributed by atoms with Gasteiger partial charge in [-0.05, 0) is 42.7 Å². The van der Waals surface area contributed by atoms with E-state index in [1.807, 2.05) is 12.1 Å². The van der Waals surface area contributed by atoms with Crippen LogP contribution in [0.2, 0.25) is 0 Å². The van der Waals surface area contributed by atoms with Gasteiger partial charge in [0.1, 0.15) is 5.54 Å². The van der Waals surface area contributed by atoms with E-state index < -0.39 is 5.54 Å². The minimum Gasteiger partial charge on any atom is -0.367 e. The molecule has 2 heteroatoms. The highest BCUT2D eigenvalue weighted by Crippen LogP contribution is 2.48. The average Bonchev–Trinajstić information content (AvgIpc) is 2.52. The van der Waals surface area contributed by atoms with Crippen molar-refractivity contribution in [2.75, 3.05) is 5.32 Å². The van der Waals surface area contributed by atoms with E-state index in [1.165, 1.54) is 5.56 Å². The van der Waals surface area contributed by atoms with Crippen LogP contribution < -0.4 is 5.32 Å². The van der Waals surface area contributed by atoms with Crippen LogP contribution in [0.5, 0.6) is 0 Å². The molecule has 0 bridgehead atoms. The minimum absolute atomic E-state index is 0.241. The molecule has 1 aromatic carbocycles. The molecule has 2 atom stereocenters.